The fourth-order valence-electron chi connectivity index (χ4n) is 3.44. The lowest BCUT2D eigenvalue weighted by Gasteiger charge is -2.16. The van der Waals surface area contributed by atoms with Crippen LogP contribution in [0.5, 0.6) is 11.5 Å². The molecule has 0 amide bonds. The van der Waals surface area contributed by atoms with Crippen molar-refractivity contribution >= 4 is 5.97 Å². The Labute approximate surface area is 152 Å². The van der Waals surface area contributed by atoms with Crippen LogP contribution in [-0.2, 0) is 4.74 Å². The highest BCUT2D eigenvalue weighted by atomic mass is 16.6. The van der Waals surface area contributed by atoms with Crippen molar-refractivity contribution in [3.8, 4) is 22.6 Å². The Bertz CT molecular complexity index is 963. The van der Waals surface area contributed by atoms with Gasteiger partial charge in [-0.1, -0.05) is 60.7 Å². The van der Waals surface area contributed by atoms with E-state index in [4.69, 9.17) is 14.2 Å². The largest absolute Gasteiger partial charge is 0.493 e. The predicted molar refractivity (Wildman–Crippen MR) is 98.7 cm³/mol. The van der Waals surface area contributed by atoms with Gasteiger partial charge in [-0.3, -0.25) is 0 Å². The minimum absolute atomic E-state index is 0.399. The van der Waals surface area contributed by atoms with E-state index in [1.807, 2.05) is 60.7 Å². The van der Waals surface area contributed by atoms with Crippen molar-refractivity contribution in [1.82, 2.24) is 0 Å². The molecule has 0 radical (unpaired) electrons. The molecular formula is C22H18O4. The average molecular weight is 346 g/mol. The van der Waals surface area contributed by atoms with Crippen LogP contribution in [0, 0.1) is 0 Å². The Morgan fingerprint density at radius 3 is 2.27 bits per heavy atom. The summed E-state index contributed by atoms with van der Waals surface area (Å²) in [5.74, 6) is 0.526. The second kappa shape index (κ2) is 6.56. The van der Waals surface area contributed by atoms with Gasteiger partial charge in [-0.05, 0) is 17.2 Å². The first-order chi connectivity index (χ1) is 12.7. The molecule has 0 fully saturated rings. The third-order valence-electron chi connectivity index (χ3n) is 4.62. The highest BCUT2D eigenvalue weighted by Gasteiger charge is 2.37. The summed E-state index contributed by atoms with van der Waals surface area (Å²) in [7, 11) is 3.07. The number of methoxy groups -OCH3 is 2. The lowest BCUT2D eigenvalue weighted by molar-refractivity contribution is 0.0454. The number of cyclic esters (lactones) is 1. The zero-order valence-electron chi connectivity index (χ0n) is 14.6. The van der Waals surface area contributed by atoms with E-state index in [0.29, 0.717) is 17.1 Å². The molecule has 0 bridgehead atoms. The van der Waals surface area contributed by atoms with E-state index in [0.717, 1.165) is 22.3 Å². The van der Waals surface area contributed by atoms with Crippen LogP contribution in [0.2, 0.25) is 0 Å². The van der Waals surface area contributed by atoms with E-state index in [1.165, 1.54) is 7.11 Å². The number of rotatable bonds is 4. The molecule has 4 nitrogen and oxygen atoms in total. The molecule has 130 valence electrons. The van der Waals surface area contributed by atoms with Crippen molar-refractivity contribution in [3.05, 3.63) is 83.4 Å². The van der Waals surface area contributed by atoms with Crippen LogP contribution >= 0.6 is 0 Å². The number of ether oxygens (including phenoxy) is 3. The highest BCUT2D eigenvalue weighted by molar-refractivity contribution is 5.98. The van der Waals surface area contributed by atoms with E-state index < -0.39 is 12.1 Å². The van der Waals surface area contributed by atoms with Crippen molar-refractivity contribution in [2.75, 3.05) is 14.2 Å². The molecule has 1 unspecified atom stereocenters. The van der Waals surface area contributed by atoms with Crippen molar-refractivity contribution in [2.24, 2.45) is 0 Å². The third kappa shape index (κ3) is 2.51. The molecule has 3 aromatic rings. The Morgan fingerprint density at radius 2 is 1.54 bits per heavy atom. The van der Waals surface area contributed by atoms with Crippen molar-refractivity contribution in [1.29, 1.82) is 0 Å². The smallest absolute Gasteiger partial charge is 0.343 e. The van der Waals surface area contributed by atoms with Crippen LogP contribution in [0.3, 0.4) is 0 Å². The van der Waals surface area contributed by atoms with E-state index >= 15 is 0 Å². The highest BCUT2D eigenvalue weighted by Crippen LogP contribution is 2.46. The maximum atomic E-state index is 12.6. The SMILES string of the molecule is COc1ccc2c(c1OC)C(=O)OC2c1ccccc1-c1ccccc1. The summed E-state index contributed by atoms with van der Waals surface area (Å²) in [6.07, 6.45) is -0.478. The number of carbonyl (C=O) groups excluding carboxylic acids is 1. The molecule has 0 aliphatic carbocycles. The van der Waals surface area contributed by atoms with Gasteiger partial charge in [-0.15, -0.1) is 0 Å². The molecule has 0 aromatic heterocycles. The number of hydrogen-bond donors (Lipinski definition) is 0. The minimum atomic E-state index is -0.478. The monoisotopic (exact) mass is 346 g/mol. The quantitative estimate of drug-likeness (QED) is 0.646. The van der Waals surface area contributed by atoms with Gasteiger partial charge in [0.15, 0.2) is 17.6 Å². The van der Waals surface area contributed by atoms with Gasteiger partial charge in [0, 0.05) is 11.1 Å². The van der Waals surface area contributed by atoms with E-state index in [9.17, 15) is 4.79 Å². The van der Waals surface area contributed by atoms with Crippen LogP contribution in [0.15, 0.2) is 66.7 Å². The first kappa shape index (κ1) is 16.2. The molecule has 1 aliphatic heterocycles. The summed E-state index contributed by atoms with van der Waals surface area (Å²) in [6.45, 7) is 0. The van der Waals surface area contributed by atoms with Crippen molar-refractivity contribution < 1.29 is 19.0 Å². The fraction of sp³-hybridized carbons (Fsp3) is 0.136. The number of hydrogen-bond acceptors (Lipinski definition) is 4. The average Bonchev–Trinajstić information content (AvgIpc) is 3.04. The van der Waals surface area contributed by atoms with Crippen LogP contribution in [0.4, 0.5) is 0 Å². The van der Waals surface area contributed by atoms with Gasteiger partial charge in [0.2, 0.25) is 0 Å². The van der Waals surface area contributed by atoms with Gasteiger partial charge >= 0.3 is 5.97 Å². The maximum Gasteiger partial charge on any atom is 0.343 e. The van der Waals surface area contributed by atoms with Crippen LogP contribution in [0.25, 0.3) is 11.1 Å². The lowest BCUT2D eigenvalue weighted by atomic mass is 9.92. The summed E-state index contributed by atoms with van der Waals surface area (Å²) >= 11 is 0. The Balaban J connectivity index is 1.88. The standard InChI is InChI=1S/C22H18O4/c1-24-18-13-12-17-19(21(18)25-2)22(23)26-20(17)16-11-7-6-10-15(16)14-8-4-3-5-9-14/h3-13,20H,1-2H3. The molecule has 0 saturated heterocycles. The molecule has 4 rings (SSSR count). The van der Waals surface area contributed by atoms with Crippen molar-refractivity contribution in [3.63, 3.8) is 0 Å². The van der Waals surface area contributed by atoms with Crippen LogP contribution in [0.1, 0.15) is 27.6 Å². The summed E-state index contributed by atoms with van der Waals surface area (Å²) in [5, 5.41) is 0. The zero-order valence-corrected chi connectivity index (χ0v) is 14.6. The number of fused-ring (bicyclic) bond motifs is 1. The molecule has 0 spiro atoms. The van der Waals surface area contributed by atoms with Crippen LogP contribution in [-0.4, -0.2) is 20.2 Å². The molecule has 1 atom stereocenters. The first-order valence-corrected chi connectivity index (χ1v) is 8.34. The minimum Gasteiger partial charge on any atom is -0.493 e. The number of carbonyl (C=O) groups is 1. The fourth-order valence-corrected chi connectivity index (χ4v) is 3.44. The molecular weight excluding hydrogens is 328 g/mol. The molecule has 0 N–H and O–H groups in total. The second-order valence-corrected chi connectivity index (χ2v) is 6.00. The summed E-state index contributed by atoms with van der Waals surface area (Å²) in [5.41, 5.74) is 4.27. The molecule has 0 saturated carbocycles. The van der Waals surface area contributed by atoms with Gasteiger partial charge in [0.05, 0.1) is 14.2 Å². The van der Waals surface area contributed by atoms with E-state index in [1.54, 1.807) is 13.2 Å². The summed E-state index contributed by atoms with van der Waals surface area (Å²) in [4.78, 5) is 12.6. The Morgan fingerprint density at radius 1 is 0.808 bits per heavy atom. The van der Waals surface area contributed by atoms with Gasteiger partial charge in [0.25, 0.3) is 0 Å². The Kier molecular flexibility index (Phi) is 4.09. The van der Waals surface area contributed by atoms with Gasteiger partial charge in [-0.2, -0.15) is 0 Å². The van der Waals surface area contributed by atoms with Gasteiger partial charge in [-0.25, -0.2) is 4.79 Å². The van der Waals surface area contributed by atoms with Gasteiger partial charge in [0.1, 0.15) is 5.56 Å². The number of esters is 1. The number of benzene rings is 3. The van der Waals surface area contributed by atoms with E-state index in [-0.39, 0.29) is 0 Å². The molecule has 1 aliphatic rings. The molecule has 1 heterocycles. The van der Waals surface area contributed by atoms with Crippen molar-refractivity contribution in [2.45, 2.75) is 6.10 Å². The maximum absolute atomic E-state index is 12.6. The predicted octanol–water partition coefficient (Wildman–Crippen LogP) is 4.63. The summed E-state index contributed by atoms with van der Waals surface area (Å²) < 4.78 is 16.5. The van der Waals surface area contributed by atoms with Crippen LogP contribution < -0.4 is 9.47 Å². The second-order valence-electron chi connectivity index (χ2n) is 6.00. The molecule has 4 heteroatoms. The van der Waals surface area contributed by atoms with Gasteiger partial charge < -0.3 is 14.2 Å². The van der Waals surface area contributed by atoms with E-state index in [2.05, 4.69) is 0 Å². The Hall–Kier alpha value is -3.27. The first-order valence-electron chi connectivity index (χ1n) is 8.34. The molecule has 3 aromatic carbocycles. The topological polar surface area (TPSA) is 44.8 Å². The normalized spacial score (nSPS) is 15.3. The zero-order chi connectivity index (χ0) is 18.1. The third-order valence-corrected chi connectivity index (χ3v) is 4.62. The molecule has 26 heavy (non-hydrogen) atoms. The lowest BCUT2D eigenvalue weighted by Crippen LogP contribution is -2.02. The summed E-state index contributed by atoms with van der Waals surface area (Å²) in [6, 6.07) is 21.7.